The molecule has 0 aliphatic heterocycles. The fourth-order valence-electron chi connectivity index (χ4n) is 3.07. The average molecular weight is 405 g/mol. The maximum Gasteiger partial charge on any atom is 0.248 e. The van der Waals surface area contributed by atoms with Gasteiger partial charge in [0.15, 0.2) is 16.4 Å². The predicted octanol–water partition coefficient (Wildman–Crippen LogP) is 3.02. The summed E-state index contributed by atoms with van der Waals surface area (Å²) in [5, 5.41) is 9.77. The van der Waals surface area contributed by atoms with Crippen LogP contribution in [-0.4, -0.2) is 25.7 Å². The zero-order chi connectivity index (χ0) is 20.5. The molecule has 0 bridgehead atoms. The number of carbonyl (C=O) groups excluding carboxylic acids is 1. The molecule has 4 aromatic rings. The van der Waals surface area contributed by atoms with Crippen molar-refractivity contribution in [3.63, 3.8) is 0 Å². The number of primary amides is 1. The molecule has 0 unspecified atom stereocenters. The van der Waals surface area contributed by atoms with Crippen molar-refractivity contribution in [1.82, 2.24) is 19.7 Å². The van der Waals surface area contributed by atoms with Crippen LogP contribution in [0.25, 0.3) is 22.3 Å². The summed E-state index contributed by atoms with van der Waals surface area (Å²) in [6, 6.07) is 14.5. The first-order valence-electron chi connectivity index (χ1n) is 8.97. The molecule has 1 amide bonds. The lowest BCUT2D eigenvalue weighted by Crippen LogP contribution is -2.12. The Kier molecular flexibility index (Phi) is 4.94. The van der Waals surface area contributed by atoms with E-state index < -0.39 is 5.91 Å². The van der Waals surface area contributed by atoms with Gasteiger partial charge < -0.3 is 15.3 Å². The quantitative estimate of drug-likeness (QED) is 0.496. The Labute approximate surface area is 171 Å². The van der Waals surface area contributed by atoms with E-state index in [1.165, 1.54) is 29.5 Å². The number of pyridine rings is 1. The number of thioether (sulfide) groups is 1. The van der Waals surface area contributed by atoms with E-state index in [0.29, 0.717) is 22.2 Å². The van der Waals surface area contributed by atoms with E-state index in [4.69, 9.17) is 5.73 Å². The molecule has 0 aliphatic carbocycles. The van der Waals surface area contributed by atoms with Gasteiger partial charge in [-0.25, -0.2) is 0 Å². The molecule has 8 heteroatoms. The van der Waals surface area contributed by atoms with Crippen LogP contribution in [0.5, 0.6) is 0 Å². The third-order valence-electron chi connectivity index (χ3n) is 4.67. The molecule has 2 aromatic carbocycles. The maximum absolute atomic E-state index is 12.5. The Morgan fingerprint density at radius 3 is 2.62 bits per heavy atom. The molecular formula is C21H19N5O2S. The largest absolute Gasteiger partial charge is 0.366 e. The summed E-state index contributed by atoms with van der Waals surface area (Å²) in [4.78, 5) is 27.0. The minimum atomic E-state index is -0.558. The molecule has 0 aliphatic rings. The SMILES string of the molecule is Cc1ccc(-c2nnc(SCc3cc(=O)c4cc(C(N)=O)ccc4[nH]3)n2C)cc1. The highest BCUT2D eigenvalue weighted by Crippen LogP contribution is 2.25. The van der Waals surface area contributed by atoms with Crippen molar-refractivity contribution in [3.05, 3.63) is 75.6 Å². The average Bonchev–Trinajstić information content (AvgIpc) is 3.07. The molecule has 7 nitrogen and oxygen atoms in total. The molecule has 0 atom stereocenters. The lowest BCUT2D eigenvalue weighted by Gasteiger charge is -2.06. The zero-order valence-electron chi connectivity index (χ0n) is 16.0. The Balaban J connectivity index is 1.57. The highest BCUT2D eigenvalue weighted by Gasteiger charge is 2.12. The number of aryl methyl sites for hydroxylation is 1. The van der Waals surface area contributed by atoms with E-state index >= 15 is 0 Å². The fraction of sp³-hybridized carbons (Fsp3) is 0.143. The smallest absolute Gasteiger partial charge is 0.248 e. The number of rotatable bonds is 5. The minimum absolute atomic E-state index is 0.157. The van der Waals surface area contributed by atoms with Gasteiger partial charge in [-0.05, 0) is 25.1 Å². The normalized spacial score (nSPS) is 11.1. The van der Waals surface area contributed by atoms with Crippen LogP contribution >= 0.6 is 11.8 Å². The highest BCUT2D eigenvalue weighted by atomic mass is 32.2. The molecule has 146 valence electrons. The number of carbonyl (C=O) groups is 1. The summed E-state index contributed by atoms with van der Waals surface area (Å²) in [5.41, 5.74) is 9.07. The summed E-state index contributed by atoms with van der Waals surface area (Å²) >= 11 is 1.49. The Morgan fingerprint density at radius 2 is 1.90 bits per heavy atom. The Morgan fingerprint density at radius 1 is 1.14 bits per heavy atom. The summed E-state index contributed by atoms with van der Waals surface area (Å²) in [5.74, 6) is 0.763. The maximum atomic E-state index is 12.5. The minimum Gasteiger partial charge on any atom is -0.366 e. The molecule has 0 radical (unpaired) electrons. The van der Waals surface area contributed by atoms with Gasteiger partial charge in [0.1, 0.15) is 0 Å². The van der Waals surface area contributed by atoms with Crippen LogP contribution in [0.4, 0.5) is 0 Å². The van der Waals surface area contributed by atoms with Crippen LogP contribution in [0.15, 0.2) is 58.5 Å². The van der Waals surface area contributed by atoms with Crippen molar-refractivity contribution in [2.75, 3.05) is 0 Å². The molecule has 0 saturated carbocycles. The van der Waals surface area contributed by atoms with Gasteiger partial charge in [-0.15, -0.1) is 10.2 Å². The summed E-state index contributed by atoms with van der Waals surface area (Å²) < 4.78 is 1.94. The number of aromatic nitrogens is 4. The first kappa shape index (κ1) is 18.9. The van der Waals surface area contributed by atoms with Crippen molar-refractivity contribution in [3.8, 4) is 11.4 Å². The van der Waals surface area contributed by atoms with E-state index in [1.54, 1.807) is 12.1 Å². The number of benzene rings is 2. The molecule has 3 N–H and O–H groups in total. The number of hydrogen-bond acceptors (Lipinski definition) is 5. The number of nitrogens with one attached hydrogen (secondary N) is 1. The lowest BCUT2D eigenvalue weighted by molar-refractivity contribution is 0.100. The van der Waals surface area contributed by atoms with E-state index in [2.05, 4.69) is 15.2 Å². The van der Waals surface area contributed by atoms with Crippen LogP contribution < -0.4 is 11.2 Å². The third kappa shape index (κ3) is 3.79. The van der Waals surface area contributed by atoms with Gasteiger partial charge in [0.05, 0.1) is 0 Å². The molecule has 2 aromatic heterocycles. The van der Waals surface area contributed by atoms with Crippen LogP contribution in [0.3, 0.4) is 0 Å². The predicted molar refractivity (Wildman–Crippen MR) is 114 cm³/mol. The molecule has 0 fully saturated rings. The molecule has 2 heterocycles. The van der Waals surface area contributed by atoms with E-state index in [9.17, 15) is 9.59 Å². The number of aromatic amines is 1. The standard InChI is InChI=1S/C21H19N5O2S/c1-12-3-5-13(6-4-12)20-24-25-21(26(20)2)29-11-15-10-18(27)16-9-14(19(22)28)7-8-17(16)23-15/h3-10H,11H2,1-2H3,(H2,22,28)(H,23,27). The van der Waals surface area contributed by atoms with Crippen molar-refractivity contribution < 1.29 is 4.79 Å². The van der Waals surface area contributed by atoms with Crippen molar-refractivity contribution in [2.45, 2.75) is 17.8 Å². The van der Waals surface area contributed by atoms with Gasteiger partial charge in [-0.2, -0.15) is 0 Å². The second-order valence-corrected chi connectivity index (χ2v) is 7.75. The highest BCUT2D eigenvalue weighted by molar-refractivity contribution is 7.98. The van der Waals surface area contributed by atoms with Gasteiger partial charge in [-0.1, -0.05) is 41.6 Å². The second kappa shape index (κ2) is 7.56. The van der Waals surface area contributed by atoms with Crippen molar-refractivity contribution >= 4 is 28.6 Å². The molecule has 0 saturated heterocycles. The summed E-state index contributed by atoms with van der Waals surface area (Å²) in [6.07, 6.45) is 0. The van der Waals surface area contributed by atoms with E-state index in [1.807, 2.05) is 42.8 Å². The summed E-state index contributed by atoms with van der Waals surface area (Å²) in [6.45, 7) is 2.04. The van der Waals surface area contributed by atoms with Gasteiger partial charge in [0.25, 0.3) is 0 Å². The van der Waals surface area contributed by atoms with Crippen molar-refractivity contribution in [2.24, 2.45) is 12.8 Å². The van der Waals surface area contributed by atoms with Crippen molar-refractivity contribution in [1.29, 1.82) is 0 Å². The third-order valence-corrected chi connectivity index (χ3v) is 5.74. The number of hydrogen-bond donors (Lipinski definition) is 2. The van der Waals surface area contributed by atoms with E-state index in [0.717, 1.165) is 22.2 Å². The fourth-order valence-corrected chi connectivity index (χ4v) is 3.89. The van der Waals surface area contributed by atoms with Crippen LogP contribution in [0.2, 0.25) is 0 Å². The van der Waals surface area contributed by atoms with E-state index in [-0.39, 0.29) is 5.43 Å². The first-order chi connectivity index (χ1) is 13.9. The molecular weight excluding hydrogens is 386 g/mol. The second-order valence-electron chi connectivity index (χ2n) is 6.80. The van der Waals surface area contributed by atoms with Crippen LogP contribution in [0.1, 0.15) is 21.6 Å². The Hall–Kier alpha value is -3.39. The van der Waals surface area contributed by atoms with Gasteiger partial charge in [0.2, 0.25) is 5.91 Å². The monoisotopic (exact) mass is 405 g/mol. The Bertz CT molecular complexity index is 1270. The van der Waals surface area contributed by atoms with Gasteiger partial charge >= 0.3 is 0 Å². The number of amides is 1. The van der Waals surface area contributed by atoms with Crippen LogP contribution in [-0.2, 0) is 12.8 Å². The number of nitrogens with zero attached hydrogens (tertiary/aromatic N) is 3. The summed E-state index contributed by atoms with van der Waals surface area (Å²) in [7, 11) is 1.92. The van der Waals surface area contributed by atoms with Gasteiger partial charge in [-0.3, -0.25) is 9.59 Å². The first-order valence-corrected chi connectivity index (χ1v) is 9.96. The lowest BCUT2D eigenvalue weighted by atomic mass is 10.1. The van der Waals surface area contributed by atoms with Crippen LogP contribution in [0, 0.1) is 6.92 Å². The van der Waals surface area contributed by atoms with Gasteiger partial charge in [0, 0.05) is 46.6 Å². The number of nitrogens with two attached hydrogens (primary N) is 1. The number of H-pyrrole nitrogens is 1. The number of fused-ring (bicyclic) bond motifs is 1. The topological polar surface area (TPSA) is 107 Å². The molecule has 0 spiro atoms. The molecule has 4 rings (SSSR count). The zero-order valence-corrected chi connectivity index (χ0v) is 16.8. The molecule has 29 heavy (non-hydrogen) atoms.